The van der Waals surface area contributed by atoms with Gasteiger partial charge in [-0.15, -0.1) is 0 Å². The van der Waals surface area contributed by atoms with E-state index in [1.54, 1.807) is 29.6 Å². The van der Waals surface area contributed by atoms with Crippen LogP contribution in [0, 0.1) is 6.92 Å². The smallest absolute Gasteiger partial charge is 0.228 e. The van der Waals surface area contributed by atoms with Gasteiger partial charge in [-0.3, -0.25) is 19.5 Å². The monoisotopic (exact) mass is 390 g/mol. The highest BCUT2D eigenvalue weighted by atomic mass is 16.2. The lowest BCUT2D eigenvalue weighted by molar-refractivity contribution is -0.122. The summed E-state index contributed by atoms with van der Waals surface area (Å²) < 4.78 is 1.85. The Morgan fingerprint density at radius 3 is 2.72 bits per heavy atom. The van der Waals surface area contributed by atoms with Gasteiger partial charge in [0.2, 0.25) is 11.8 Å². The number of rotatable bonds is 5. The zero-order chi connectivity index (χ0) is 20.2. The minimum absolute atomic E-state index is 0.0686. The molecule has 148 valence electrons. The number of pyridine rings is 2. The normalized spacial score (nSPS) is 13.1. The van der Waals surface area contributed by atoms with Crippen molar-refractivity contribution < 1.29 is 9.59 Å². The van der Waals surface area contributed by atoms with Gasteiger partial charge >= 0.3 is 0 Å². The first-order chi connectivity index (χ1) is 14.1. The van der Waals surface area contributed by atoms with E-state index in [1.165, 1.54) is 0 Å². The molecule has 0 unspecified atom stereocenters. The van der Waals surface area contributed by atoms with Crippen molar-refractivity contribution in [3.8, 4) is 11.1 Å². The van der Waals surface area contributed by atoms with Gasteiger partial charge in [0.15, 0.2) is 0 Å². The zero-order valence-corrected chi connectivity index (χ0v) is 16.2. The fourth-order valence-corrected chi connectivity index (χ4v) is 3.39. The van der Waals surface area contributed by atoms with E-state index >= 15 is 0 Å². The van der Waals surface area contributed by atoms with E-state index < -0.39 is 0 Å². The predicted molar refractivity (Wildman–Crippen MR) is 109 cm³/mol. The van der Waals surface area contributed by atoms with E-state index in [0.717, 1.165) is 35.6 Å². The second-order valence-corrected chi connectivity index (χ2v) is 6.99. The van der Waals surface area contributed by atoms with Crippen LogP contribution in [-0.2, 0) is 16.1 Å². The Hall–Kier alpha value is -3.55. The summed E-state index contributed by atoms with van der Waals surface area (Å²) in [6.45, 7) is 3.38. The third-order valence-electron chi connectivity index (χ3n) is 4.80. The number of carbonyl (C=O) groups excluding carboxylic acids is 2. The van der Waals surface area contributed by atoms with Crippen LogP contribution in [0.4, 0.5) is 11.6 Å². The van der Waals surface area contributed by atoms with Crippen molar-refractivity contribution in [1.29, 1.82) is 0 Å². The third kappa shape index (κ3) is 4.31. The second-order valence-electron chi connectivity index (χ2n) is 6.99. The summed E-state index contributed by atoms with van der Waals surface area (Å²) in [5.41, 5.74) is 2.76. The Labute approximate surface area is 168 Å². The van der Waals surface area contributed by atoms with Crippen LogP contribution in [0.15, 0.2) is 48.9 Å². The largest absolute Gasteiger partial charge is 0.311 e. The number of nitrogens with one attached hydrogen (secondary N) is 1. The van der Waals surface area contributed by atoms with Crippen LogP contribution in [0.25, 0.3) is 11.1 Å². The highest BCUT2D eigenvalue weighted by Crippen LogP contribution is 2.23. The van der Waals surface area contributed by atoms with Gasteiger partial charge in [-0.2, -0.15) is 5.10 Å². The molecule has 0 spiro atoms. The Morgan fingerprint density at radius 1 is 1.10 bits per heavy atom. The van der Waals surface area contributed by atoms with Crippen molar-refractivity contribution in [3.63, 3.8) is 0 Å². The van der Waals surface area contributed by atoms with Crippen LogP contribution in [0.1, 0.15) is 25.0 Å². The van der Waals surface area contributed by atoms with Gasteiger partial charge in [0.25, 0.3) is 0 Å². The number of fused-ring (bicyclic) bond motifs is 1. The van der Waals surface area contributed by atoms with Gasteiger partial charge in [0.05, 0.1) is 5.69 Å². The topological polar surface area (TPSA) is 93.0 Å². The lowest BCUT2D eigenvalue weighted by Gasteiger charge is -2.27. The SMILES string of the molecule is Cc1cc2n(n1)CCCN2C(=O)CCC(=O)Nc1ccc(-c2cccnc2)cn1. The second kappa shape index (κ2) is 8.22. The van der Waals surface area contributed by atoms with E-state index in [9.17, 15) is 9.59 Å². The number of amides is 2. The number of aryl methyl sites for hydroxylation is 2. The molecule has 4 heterocycles. The molecule has 3 aromatic rings. The number of hydrogen-bond donors (Lipinski definition) is 1. The molecule has 2 amide bonds. The van der Waals surface area contributed by atoms with E-state index in [1.807, 2.05) is 35.9 Å². The maximum atomic E-state index is 12.6. The number of nitrogens with zero attached hydrogens (tertiary/aromatic N) is 5. The molecule has 8 heteroatoms. The highest BCUT2D eigenvalue weighted by Gasteiger charge is 2.24. The van der Waals surface area contributed by atoms with Gasteiger partial charge in [0.1, 0.15) is 11.6 Å². The van der Waals surface area contributed by atoms with Crippen LogP contribution in [0.5, 0.6) is 0 Å². The molecule has 0 radical (unpaired) electrons. The molecule has 0 bridgehead atoms. The summed E-state index contributed by atoms with van der Waals surface area (Å²) in [4.78, 5) is 35.0. The first-order valence-electron chi connectivity index (χ1n) is 9.61. The summed E-state index contributed by atoms with van der Waals surface area (Å²) >= 11 is 0. The number of carbonyl (C=O) groups is 2. The third-order valence-corrected chi connectivity index (χ3v) is 4.80. The molecule has 1 aliphatic rings. The molecule has 1 aliphatic heterocycles. The Bertz CT molecular complexity index is 1010. The van der Waals surface area contributed by atoms with Crippen molar-refractivity contribution in [2.45, 2.75) is 32.7 Å². The Kier molecular flexibility index (Phi) is 5.33. The standard InChI is InChI=1S/C21H22N6O2/c1-15-12-20-26(10-3-11-27(20)25-15)21(29)8-7-19(28)24-18-6-5-17(14-23-18)16-4-2-9-22-13-16/h2,4-6,9,12-14H,3,7-8,10-11H2,1H3,(H,23,24,28). The van der Waals surface area contributed by atoms with E-state index in [4.69, 9.17) is 0 Å². The lowest BCUT2D eigenvalue weighted by Crippen LogP contribution is -2.37. The maximum absolute atomic E-state index is 12.6. The van der Waals surface area contributed by atoms with Crippen LogP contribution in [0.2, 0.25) is 0 Å². The number of aromatic nitrogens is 4. The highest BCUT2D eigenvalue weighted by molar-refractivity contribution is 5.97. The number of hydrogen-bond acceptors (Lipinski definition) is 5. The van der Waals surface area contributed by atoms with Gasteiger partial charge in [0, 0.05) is 61.7 Å². The fraction of sp³-hybridized carbons (Fsp3) is 0.286. The van der Waals surface area contributed by atoms with Crippen molar-refractivity contribution >= 4 is 23.5 Å². The summed E-state index contributed by atoms with van der Waals surface area (Å²) in [7, 11) is 0. The minimum atomic E-state index is -0.235. The van der Waals surface area contributed by atoms with E-state index in [-0.39, 0.29) is 24.7 Å². The molecule has 1 N–H and O–H groups in total. The first-order valence-corrected chi connectivity index (χ1v) is 9.61. The quantitative estimate of drug-likeness (QED) is 0.723. The van der Waals surface area contributed by atoms with Crippen molar-refractivity contribution in [3.05, 3.63) is 54.6 Å². The average molecular weight is 390 g/mol. The van der Waals surface area contributed by atoms with E-state index in [0.29, 0.717) is 12.4 Å². The molecule has 0 aromatic carbocycles. The van der Waals surface area contributed by atoms with Crippen molar-refractivity contribution in [1.82, 2.24) is 19.7 Å². The van der Waals surface area contributed by atoms with Crippen LogP contribution < -0.4 is 10.2 Å². The van der Waals surface area contributed by atoms with Crippen LogP contribution in [-0.4, -0.2) is 38.1 Å². The van der Waals surface area contributed by atoms with E-state index in [2.05, 4.69) is 20.4 Å². The molecule has 0 saturated heterocycles. The molecule has 0 fully saturated rings. The summed E-state index contributed by atoms with van der Waals surface area (Å²) in [5, 5.41) is 7.14. The predicted octanol–water partition coefficient (Wildman–Crippen LogP) is 2.80. The van der Waals surface area contributed by atoms with Gasteiger partial charge in [-0.05, 0) is 31.5 Å². The maximum Gasteiger partial charge on any atom is 0.228 e. The molecule has 0 atom stereocenters. The molecule has 0 aliphatic carbocycles. The van der Waals surface area contributed by atoms with Gasteiger partial charge in [-0.1, -0.05) is 6.07 Å². The summed E-state index contributed by atoms with van der Waals surface area (Å²) in [6.07, 6.45) is 6.27. The first kappa shape index (κ1) is 18.8. The minimum Gasteiger partial charge on any atom is -0.311 e. The van der Waals surface area contributed by atoms with Gasteiger partial charge < -0.3 is 5.32 Å². The zero-order valence-electron chi connectivity index (χ0n) is 16.2. The lowest BCUT2D eigenvalue weighted by atomic mass is 10.1. The molecular weight excluding hydrogens is 368 g/mol. The Balaban J connectivity index is 1.32. The summed E-state index contributed by atoms with van der Waals surface area (Å²) in [5.74, 6) is 0.969. The molecule has 0 saturated carbocycles. The van der Waals surface area contributed by atoms with Crippen LogP contribution in [0.3, 0.4) is 0 Å². The average Bonchev–Trinajstić information content (AvgIpc) is 3.13. The Morgan fingerprint density at radius 2 is 1.97 bits per heavy atom. The molecular formula is C21H22N6O2. The summed E-state index contributed by atoms with van der Waals surface area (Å²) in [6, 6.07) is 9.33. The molecule has 8 nitrogen and oxygen atoms in total. The molecule has 3 aromatic heterocycles. The van der Waals surface area contributed by atoms with Crippen LogP contribution >= 0.6 is 0 Å². The molecule has 4 rings (SSSR count). The van der Waals surface area contributed by atoms with Gasteiger partial charge in [-0.25, -0.2) is 9.67 Å². The van der Waals surface area contributed by atoms with Crippen molar-refractivity contribution in [2.24, 2.45) is 0 Å². The fourth-order valence-electron chi connectivity index (χ4n) is 3.39. The number of anilines is 2. The molecule has 29 heavy (non-hydrogen) atoms. The van der Waals surface area contributed by atoms with Crippen molar-refractivity contribution in [2.75, 3.05) is 16.8 Å².